The highest BCUT2D eigenvalue weighted by atomic mass is 16.5. The number of aliphatic carboxylic acids is 1. The molecule has 1 aromatic rings. The summed E-state index contributed by atoms with van der Waals surface area (Å²) in [5.74, 6) is -0.377. The van der Waals surface area contributed by atoms with E-state index in [1.165, 1.54) is 0 Å². The third-order valence-electron chi connectivity index (χ3n) is 3.95. The van der Waals surface area contributed by atoms with Gasteiger partial charge in [0.2, 0.25) is 0 Å². The topological polar surface area (TPSA) is 99.1 Å². The van der Waals surface area contributed by atoms with E-state index < -0.39 is 24.1 Å². The molecule has 0 bridgehead atoms. The summed E-state index contributed by atoms with van der Waals surface area (Å²) in [5, 5.41) is 21.7. The third-order valence-corrected chi connectivity index (χ3v) is 3.95. The van der Waals surface area contributed by atoms with Crippen molar-refractivity contribution in [1.29, 1.82) is 0 Å². The first-order valence-electron chi connectivity index (χ1n) is 7.04. The molecule has 0 aliphatic carbocycles. The molecule has 1 amide bonds. The van der Waals surface area contributed by atoms with Gasteiger partial charge < -0.3 is 20.3 Å². The number of hydrogen-bond acceptors (Lipinski definition) is 4. The van der Waals surface area contributed by atoms with Crippen molar-refractivity contribution in [3.8, 4) is 5.75 Å². The molecule has 1 saturated heterocycles. The molecule has 1 heterocycles. The van der Waals surface area contributed by atoms with Crippen LogP contribution in [0.2, 0.25) is 0 Å². The first-order valence-corrected chi connectivity index (χ1v) is 7.04. The Balaban J connectivity index is 2.04. The number of carboxylic acids is 1. The van der Waals surface area contributed by atoms with Crippen molar-refractivity contribution >= 4 is 12.1 Å². The minimum atomic E-state index is -1.20. The molecule has 1 aliphatic rings. The van der Waals surface area contributed by atoms with Crippen LogP contribution in [0.25, 0.3) is 0 Å². The van der Waals surface area contributed by atoms with Crippen LogP contribution in [0.15, 0.2) is 24.3 Å². The molecule has 1 aromatic carbocycles. The summed E-state index contributed by atoms with van der Waals surface area (Å²) in [7, 11) is 1.59. The average molecular weight is 308 g/mol. The second-order valence-corrected chi connectivity index (χ2v) is 5.39. The summed E-state index contributed by atoms with van der Waals surface area (Å²) in [4.78, 5) is 23.7. The molecule has 0 spiro atoms. The fourth-order valence-corrected chi connectivity index (χ4v) is 2.86. The molecule has 1 aliphatic heterocycles. The van der Waals surface area contributed by atoms with Gasteiger partial charge in [-0.1, -0.05) is 12.1 Å². The van der Waals surface area contributed by atoms with Crippen LogP contribution in [0, 0.1) is 0 Å². The number of nitrogens with one attached hydrogen (secondary N) is 1. The van der Waals surface area contributed by atoms with E-state index in [9.17, 15) is 19.8 Å². The number of carboxylic acid groups (broad SMARTS) is 2. The van der Waals surface area contributed by atoms with Gasteiger partial charge in [0.1, 0.15) is 11.8 Å². The van der Waals surface area contributed by atoms with E-state index in [2.05, 4.69) is 5.32 Å². The lowest BCUT2D eigenvalue weighted by Gasteiger charge is -2.24. The average Bonchev–Trinajstić information content (AvgIpc) is 2.82. The Hall–Kier alpha value is -2.28. The number of nitrogens with zero attached hydrogens (tertiary/aromatic N) is 1. The Morgan fingerprint density at radius 3 is 2.45 bits per heavy atom. The lowest BCUT2D eigenvalue weighted by Crippen LogP contribution is -2.50. The van der Waals surface area contributed by atoms with Gasteiger partial charge in [-0.25, -0.2) is 9.59 Å². The number of carbonyl (C=O) groups is 2. The Morgan fingerprint density at radius 2 is 1.95 bits per heavy atom. The third kappa shape index (κ3) is 3.30. The van der Waals surface area contributed by atoms with Crippen molar-refractivity contribution in [2.24, 2.45) is 0 Å². The van der Waals surface area contributed by atoms with Crippen LogP contribution in [-0.4, -0.2) is 52.4 Å². The monoisotopic (exact) mass is 308 g/mol. The number of amides is 1. The zero-order valence-corrected chi connectivity index (χ0v) is 12.5. The summed E-state index contributed by atoms with van der Waals surface area (Å²) in [6, 6.07) is 5.62. The minimum Gasteiger partial charge on any atom is -0.497 e. The van der Waals surface area contributed by atoms with E-state index >= 15 is 0 Å². The molecule has 3 atom stereocenters. The van der Waals surface area contributed by atoms with Crippen molar-refractivity contribution < 1.29 is 24.5 Å². The summed E-state index contributed by atoms with van der Waals surface area (Å²) >= 11 is 0. The van der Waals surface area contributed by atoms with Crippen molar-refractivity contribution in [3.63, 3.8) is 0 Å². The van der Waals surface area contributed by atoms with Gasteiger partial charge in [-0.3, -0.25) is 4.90 Å². The van der Waals surface area contributed by atoms with Crippen LogP contribution in [0.4, 0.5) is 4.79 Å². The molecular weight excluding hydrogens is 288 g/mol. The van der Waals surface area contributed by atoms with Gasteiger partial charge in [-0.15, -0.1) is 0 Å². The molecule has 1 fully saturated rings. The van der Waals surface area contributed by atoms with Crippen molar-refractivity contribution in [1.82, 2.24) is 10.2 Å². The van der Waals surface area contributed by atoms with Crippen LogP contribution >= 0.6 is 0 Å². The maximum Gasteiger partial charge on any atom is 0.408 e. The van der Waals surface area contributed by atoms with Crippen LogP contribution in [0.5, 0.6) is 5.75 Å². The fourth-order valence-electron chi connectivity index (χ4n) is 2.86. The Labute approximate surface area is 128 Å². The van der Waals surface area contributed by atoms with Crippen LogP contribution in [0.3, 0.4) is 0 Å². The van der Waals surface area contributed by atoms with Gasteiger partial charge in [0.05, 0.1) is 7.11 Å². The summed E-state index contributed by atoms with van der Waals surface area (Å²) in [6.45, 7) is 2.19. The normalized spacial score (nSPS) is 24.3. The summed E-state index contributed by atoms with van der Waals surface area (Å²) in [5.41, 5.74) is 0.978. The molecule has 7 nitrogen and oxygen atoms in total. The Kier molecular flexibility index (Phi) is 4.87. The first-order chi connectivity index (χ1) is 10.4. The maximum atomic E-state index is 11.4. The standard InChI is InChI=1S/C15H20N2O5/c1-9-7-12(13(14(18)19)17(9)15(20)21)16-8-10-3-5-11(22-2)6-4-10/h3-6,9,12-13,16H,7-8H2,1-2H3,(H,18,19)(H,20,21)/t9-,12+,13-/m1/s1. The fraction of sp³-hybridized carbons (Fsp3) is 0.467. The number of methoxy groups -OCH3 is 1. The molecule has 120 valence electrons. The van der Waals surface area contributed by atoms with Crippen LogP contribution < -0.4 is 10.1 Å². The maximum absolute atomic E-state index is 11.4. The van der Waals surface area contributed by atoms with Gasteiger partial charge in [0.15, 0.2) is 0 Å². The minimum absolute atomic E-state index is 0.327. The van der Waals surface area contributed by atoms with Gasteiger partial charge >= 0.3 is 12.1 Å². The number of likely N-dealkylation sites (tertiary alicyclic amines) is 1. The summed E-state index contributed by atoms with van der Waals surface area (Å²) < 4.78 is 5.08. The van der Waals surface area contributed by atoms with E-state index in [-0.39, 0.29) is 6.04 Å². The number of rotatable bonds is 5. The van der Waals surface area contributed by atoms with Crippen molar-refractivity contribution in [2.75, 3.05) is 7.11 Å². The second-order valence-electron chi connectivity index (χ2n) is 5.39. The number of hydrogen-bond donors (Lipinski definition) is 3. The highest BCUT2D eigenvalue weighted by Gasteiger charge is 2.46. The first kappa shape index (κ1) is 16.1. The molecule has 0 saturated carbocycles. The molecule has 3 N–H and O–H groups in total. The van der Waals surface area contributed by atoms with Gasteiger partial charge in [-0.2, -0.15) is 0 Å². The predicted molar refractivity (Wildman–Crippen MR) is 79.0 cm³/mol. The highest BCUT2D eigenvalue weighted by molar-refractivity contribution is 5.81. The van der Waals surface area contributed by atoms with Crippen molar-refractivity contribution in [3.05, 3.63) is 29.8 Å². The SMILES string of the molecule is COc1ccc(CN[C@H]2C[C@@H](C)N(C(=O)O)[C@H]2C(=O)O)cc1. The molecule has 0 unspecified atom stereocenters. The van der Waals surface area contributed by atoms with E-state index in [0.29, 0.717) is 13.0 Å². The number of ether oxygens (including phenoxy) is 1. The van der Waals surface area contributed by atoms with E-state index in [1.54, 1.807) is 14.0 Å². The number of benzene rings is 1. The summed E-state index contributed by atoms with van der Waals surface area (Å²) in [6.07, 6.45) is -0.729. The Morgan fingerprint density at radius 1 is 1.32 bits per heavy atom. The van der Waals surface area contributed by atoms with Crippen molar-refractivity contribution in [2.45, 2.75) is 38.0 Å². The molecule has 0 radical (unpaired) electrons. The van der Waals surface area contributed by atoms with E-state index in [4.69, 9.17) is 4.74 Å². The molecule has 2 rings (SSSR count). The van der Waals surface area contributed by atoms with Crippen LogP contribution in [-0.2, 0) is 11.3 Å². The zero-order chi connectivity index (χ0) is 16.3. The zero-order valence-electron chi connectivity index (χ0n) is 12.5. The molecule has 7 heteroatoms. The smallest absolute Gasteiger partial charge is 0.408 e. The van der Waals surface area contributed by atoms with Gasteiger partial charge in [-0.05, 0) is 31.0 Å². The largest absolute Gasteiger partial charge is 0.497 e. The van der Waals surface area contributed by atoms with E-state index in [1.807, 2.05) is 24.3 Å². The van der Waals surface area contributed by atoms with Gasteiger partial charge in [0, 0.05) is 18.6 Å². The highest BCUT2D eigenvalue weighted by Crippen LogP contribution is 2.25. The predicted octanol–water partition coefficient (Wildman–Crippen LogP) is 1.38. The van der Waals surface area contributed by atoms with E-state index in [0.717, 1.165) is 16.2 Å². The lowest BCUT2D eigenvalue weighted by molar-refractivity contribution is -0.142. The molecule has 0 aromatic heterocycles. The molecule has 22 heavy (non-hydrogen) atoms. The van der Waals surface area contributed by atoms with Gasteiger partial charge in [0.25, 0.3) is 0 Å². The quantitative estimate of drug-likeness (QED) is 0.760. The Bertz CT molecular complexity index is 545. The second kappa shape index (κ2) is 6.65. The van der Waals surface area contributed by atoms with Crippen LogP contribution in [0.1, 0.15) is 18.9 Å². The lowest BCUT2D eigenvalue weighted by atomic mass is 10.1. The molecular formula is C15H20N2O5.